The van der Waals surface area contributed by atoms with Gasteiger partial charge in [-0.05, 0) is 43.5 Å². The molecule has 8 nitrogen and oxygen atoms in total. The van der Waals surface area contributed by atoms with Gasteiger partial charge in [0.15, 0.2) is 0 Å². The van der Waals surface area contributed by atoms with Gasteiger partial charge in [0.2, 0.25) is 5.95 Å². The van der Waals surface area contributed by atoms with E-state index in [-0.39, 0.29) is 11.5 Å². The molecule has 8 heteroatoms. The van der Waals surface area contributed by atoms with E-state index in [1.807, 2.05) is 69.3 Å². The van der Waals surface area contributed by atoms with E-state index in [0.717, 1.165) is 16.7 Å². The summed E-state index contributed by atoms with van der Waals surface area (Å²) in [6.07, 6.45) is 0.597. The zero-order valence-corrected chi connectivity index (χ0v) is 18.1. The van der Waals surface area contributed by atoms with Crippen molar-refractivity contribution in [2.75, 3.05) is 10.6 Å². The summed E-state index contributed by atoms with van der Waals surface area (Å²) in [5.74, 6) is 0.611. The normalized spacial score (nSPS) is 10.7. The molecule has 0 saturated carbocycles. The quantitative estimate of drug-likeness (QED) is 0.437. The van der Waals surface area contributed by atoms with Gasteiger partial charge in [0.1, 0.15) is 5.82 Å². The first-order valence-corrected chi connectivity index (χ1v) is 10.3. The van der Waals surface area contributed by atoms with Gasteiger partial charge in [-0.2, -0.15) is 9.78 Å². The van der Waals surface area contributed by atoms with E-state index >= 15 is 0 Å². The summed E-state index contributed by atoms with van der Waals surface area (Å²) in [7, 11) is 0. The van der Waals surface area contributed by atoms with Crippen molar-refractivity contribution in [3.8, 4) is 17.2 Å². The van der Waals surface area contributed by atoms with Crippen molar-refractivity contribution < 1.29 is 4.79 Å². The van der Waals surface area contributed by atoms with Crippen molar-refractivity contribution in [1.29, 1.82) is 0 Å². The highest BCUT2D eigenvalue weighted by Gasteiger charge is 2.16. The average Bonchev–Trinajstić information content (AvgIpc) is 3.20. The lowest BCUT2D eigenvalue weighted by atomic mass is 10.1. The second kappa shape index (κ2) is 8.89. The van der Waals surface area contributed by atoms with Gasteiger partial charge in [0, 0.05) is 29.1 Å². The van der Waals surface area contributed by atoms with Crippen LogP contribution in [0.5, 0.6) is 0 Å². The first-order chi connectivity index (χ1) is 15.4. The summed E-state index contributed by atoms with van der Waals surface area (Å²) in [6.45, 7) is 5.92. The van der Waals surface area contributed by atoms with Crippen LogP contribution in [-0.4, -0.2) is 25.8 Å². The molecule has 0 fully saturated rings. The number of aromatic amines is 1. The highest BCUT2D eigenvalue weighted by molar-refractivity contribution is 5.99. The zero-order chi connectivity index (χ0) is 22.7. The molecule has 162 valence electrons. The molecular formula is C24H24N6O2. The number of amides is 2. The number of aromatic nitrogens is 4. The van der Waals surface area contributed by atoms with Crippen LogP contribution in [0.4, 0.5) is 16.3 Å². The van der Waals surface area contributed by atoms with Crippen LogP contribution >= 0.6 is 0 Å². The third kappa shape index (κ3) is 4.59. The van der Waals surface area contributed by atoms with E-state index in [9.17, 15) is 9.59 Å². The SMILES string of the molecule is CCc1cc(=O)[nH]c(-n2nc(-c3ccccc3)cc2NC(=O)Nc2ccc(C)c(C)c2)n1. The topological polar surface area (TPSA) is 105 Å². The van der Waals surface area contributed by atoms with E-state index in [1.54, 1.807) is 6.07 Å². The molecule has 0 spiro atoms. The maximum absolute atomic E-state index is 12.7. The van der Waals surface area contributed by atoms with Gasteiger partial charge < -0.3 is 5.32 Å². The molecule has 0 aliphatic rings. The van der Waals surface area contributed by atoms with Crippen LogP contribution in [0.25, 0.3) is 17.2 Å². The number of rotatable bonds is 5. The third-order valence-corrected chi connectivity index (χ3v) is 5.13. The number of hydrogen-bond donors (Lipinski definition) is 3. The summed E-state index contributed by atoms with van der Waals surface area (Å²) >= 11 is 0. The molecule has 4 aromatic rings. The Hall–Kier alpha value is -4.20. The maximum Gasteiger partial charge on any atom is 0.324 e. The minimum absolute atomic E-state index is 0.234. The lowest BCUT2D eigenvalue weighted by Crippen LogP contribution is -2.23. The van der Waals surface area contributed by atoms with Gasteiger partial charge in [-0.3, -0.25) is 15.1 Å². The number of benzene rings is 2. The predicted octanol–water partition coefficient (Wildman–Crippen LogP) is 4.45. The molecule has 32 heavy (non-hydrogen) atoms. The standard InChI is InChI=1S/C24H24N6O2/c1-4-18-13-22(31)28-23(25-18)30-21(14-20(29-30)17-8-6-5-7-9-17)27-24(32)26-19-11-10-15(2)16(3)12-19/h5-14H,4H2,1-3H3,(H,25,28,31)(H2,26,27,32). The number of nitrogens with zero attached hydrogens (tertiary/aromatic N) is 3. The van der Waals surface area contributed by atoms with Crippen LogP contribution < -0.4 is 16.2 Å². The van der Waals surface area contributed by atoms with Gasteiger partial charge in [-0.1, -0.05) is 43.3 Å². The predicted molar refractivity (Wildman–Crippen MR) is 125 cm³/mol. The Morgan fingerprint density at radius 2 is 1.78 bits per heavy atom. The minimum Gasteiger partial charge on any atom is -0.308 e. The molecule has 2 aromatic carbocycles. The number of hydrogen-bond acceptors (Lipinski definition) is 4. The van der Waals surface area contributed by atoms with Crippen LogP contribution in [-0.2, 0) is 6.42 Å². The highest BCUT2D eigenvalue weighted by atomic mass is 16.2. The molecule has 0 atom stereocenters. The van der Waals surface area contributed by atoms with Crippen LogP contribution in [0.1, 0.15) is 23.7 Å². The third-order valence-electron chi connectivity index (χ3n) is 5.13. The number of carbonyl (C=O) groups is 1. The van der Waals surface area contributed by atoms with E-state index in [4.69, 9.17) is 0 Å². The highest BCUT2D eigenvalue weighted by Crippen LogP contribution is 2.24. The fraction of sp³-hybridized carbons (Fsp3) is 0.167. The lowest BCUT2D eigenvalue weighted by Gasteiger charge is -2.11. The number of urea groups is 1. The Morgan fingerprint density at radius 1 is 1.00 bits per heavy atom. The van der Waals surface area contributed by atoms with Crippen molar-refractivity contribution in [3.05, 3.63) is 87.8 Å². The van der Waals surface area contributed by atoms with Gasteiger partial charge >= 0.3 is 6.03 Å². The number of aryl methyl sites for hydroxylation is 3. The molecule has 4 rings (SSSR count). The van der Waals surface area contributed by atoms with E-state index in [1.165, 1.54) is 10.7 Å². The van der Waals surface area contributed by atoms with E-state index < -0.39 is 6.03 Å². The number of anilines is 2. The lowest BCUT2D eigenvalue weighted by molar-refractivity contribution is 0.262. The van der Waals surface area contributed by atoms with Crippen LogP contribution in [0, 0.1) is 13.8 Å². The number of carbonyl (C=O) groups excluding carboxylic acids is 1. The maximum atomic E-state index is 12.7. The van der Waals surface area contributed by atoms with Gasteiger partial charge in [-0.15, -0.1) is 0 Å². The van der Waals surface area contributed by atoms with Crippen LogP contribution in [0.2, 0.25) is 0 Å². The van der Waals surface area contributed by atoms with Gasteiger partial charge in [0.05, 0.1) is 5.69 Å². The first kappa shape index (κ1) is 21.0. The van der Waals surface area contributed by atoms with Gasteiger partial charge in [0.25, 0.3) is 5.56 Å². The Bertz CT molecular complexity index is 1320. The van der Waals surface area contributed by atoms with Gasteiger partial charge in [-0.25, -0.2) is 9.78 Å². The molecule has 0 unspecified atom stereocenters. The van der Waals surface area contributed by atoms with Crippen molar-refractivity contribution in [2.24, 2.45) is 0 Å². The van der Waals surface area contributed by atoms with Crippen molar-refractivity contribution in [3.63, 3.8) is 0 Å². The molecule has 0 saturated heterocycles. The van der Waals surface area contributed by atoms with E-state index in [2.05, 4.69) is 25.7 Å². The Kier molecular flexibility index (Phi) is 5.85. The smallest absolute Gasteiger partial charge is 0.308 e. The molecule has 3 N–H and O–H groups in total. The summed E-state index contributed by atoms with van der Waals surface area (Å²) in [6, 6.07) is 18.0. The van der Waals surface area contributed by atoms with Crippen LogP contribution in [0.3, 0.4) is 0 Å². The average molecular weight is 428 g/mol. The number of H-pyrrole nitrogens is 1. The van der Waals surface area contributed by atoms with Crippen molar-refractivity contribution >= 4 is 17.5 Å². The molecule has 2 amide bonds. The summed E-state index contributed by atoms with van der Waals surface area (Å²) in [5.41, 5.74) is 4.76. The molecule has 0 aliphatic heterocycles. The zero-order valence-electron chi connectivity index (χ0n) is 18.1. The van der Waals surface area contributed by atoms with Crippen LogP contribution in [0.15, 0.2) is 65.5 Å². The summed E-state index contributed by atoms with van der Waals surface area (Å²) in [4.78, 5) is 32.0. The van der Waals surface area contributed by atoms with Crippen molar-refractivity contribution in [1.82, 2.24) is 19.7 Å². The number of nitrogens with one attached hydrogen (secondary N) is 3. The molecular weight excluding hydrogens is 404 g/mol. The summed E-state index contributed by atoms with van der Waals surface area (Å²) in [5, 5.41) is 10.3. The molecule has 0 aliphatic carbocycles. The Morgan fingerprint density at radius 3 is 2.50 bits per heavy atom. The van der Waals surface area contributed by atoms with Crippen molar-refractivity contribution in [2.45, 2.75) is 27.2 Å². The molecule has 2 aromatic heterocycles. The Balaban J connectivity index is 1.70. The molecule has 0 bridgehead atoms. The molecule has 0 radical (unpaired) electrons. The van der Waals surface area contributed by atoms with E-state index in [0.29, 0.717) is 29.3 Å². The minimum atomic E-state index is -0.428. The second-order valence-corrected chi connectivity index (χ2v) is 7.48. The second-order valence-electron chi connectivity index (χ2n) is 7.48. The fourth-order valence-electron chi connectivity index (χ4n) is 3.25. The summed E-state index contributed by atoms with van der Waals surface area (Å²) < 4.78 is 1.43. The fourth-order valence-corrected chi connectivity index (χ4v) is 3.25. The first-order valence-electron chi connectivity index (χ1n) is 10.3. The Labute approximate surface area is 185 Å². The largest absolute Gasteiger partial charge is 0.324 e. The monoisotopic (exact) mass is 428 g/mol. The molecule has 2 heterocycles.